The van der Waals surface area contributed by atoms with Crippen LogP contribution in [0.15, 0.2) is 23.0 Å². The van der Waals surface area contributed by atoms with Gasteiger partial charge in [0.2, 0.25) is 5.91 Å². The Morgan fingerprint density at radius 2 is 2.00 bits per heavy atom. The summed E-state index contributed by atoms with van der Waals surface area (Å²) >= 11 is 0. The highest BCUT2D eigenvalue weighted by molar-refractivity contribution is 5.93. The van der Waals surface area contributed by atoms with E-state index in [0.717, 1.165) is 19.3 Å². The Bertz CT molecular complexity index is 635. The van der Waals surface area contributed by atoms with Crippen molar-refractivity contribution in [3.8, 4) is 0 Å². The van der Waals surface area contributed by atoms with Gasteiger partial charge in [-0.05, 0) is 49.5 Å². The van der Waals surface area contributed by atoms with Crippen molar-refractivity contribution in [2.24, 2.45) is 17.8 Å². The summed E-state index contributed by atoms with van der Waals surface area (Å²) in [6, 6.07) is 1.79. The summed E-state index contributed by atoms with van der Waals surface area (Å²) in [5.41, 5.74) is 0.581. The first kappa shape index (κ1) is 20.9. The van der Waals surface area contributed by atoms with Gasteiger partial charge in [0.1, 0.15) is 12.9 Å². The molecule has 28 heavy (non-hydrogen) atoms. The molecule has 0 unspecified atom stereocenters. The number of hydrogen-bond donors (Lipinski definition) is 1. The minimum Gasteiger partial charge on any atom is -0.472 e. The molecule has 1 N–H and O–H groups in total. The van der Waals surface area contributed by atoms with Gasteiger partial charge in [-0.1, -0.05) is 27.2 Å². The lowest BCUT2D eigenvalue weighted by Crippen LogP contribution is -2.47. The number of ether oxygens (including phenoxy) is 1. The van der Waals surface area contributed by atoms with Gasteiger partial charge in [0.05, 0.1) is 17.9 Å². The zero-order valence-corrected chi connectivity index (χ0v) is 17.4. The number of likely N-dealkylation sites (tertiary alicyclic amines) is 1. The maximum absolute atomic E-state index is 12.4. The summed E-state index contributed by atoms with van der Waals surface area (Å²) < 4.78 is 11.0. The topological polar surface area (TPSA) is 71.8 Å². The summed E-state index contributed by atoms with van der Waals surface area (Å²) in [6.45, 7) is 8.18. The van der Waals surface area contributed by atoms with E-state index in [9.17, 15) is 9.59 Å². The van der Waals surface area contributed by atoms with Crippen LogP contribution in [0, 0.1) is 17.8 Å². The van der Waals surface area contributed by atoms with Gasteiger partial charge in [0.25, 0.3) is 5.91 Å². The van der Waals surface area contributed by atoms with E-state index >= 15 is 0 Å². The number of furan rings is 1. The molecule has 3 rings (SSSR count). The lowest BCUT2D eigenvalue weighted by molar-refractivity contribution is -0.132. The number of carbonyl (C=O) groups excluding carboxylic acids is 2. The highest BCUT2D eigenvalue weighted by Gasteiger charge is 2.32. The largest absolute Gasteiger partial charge is 0.472 e. The molecule has 3 atom stereocenters. The van der Waals surface area contributed by atoms with Gasteiger partial charge >= 0.3 is 0 Å². The Balaban J connectivity index is 1.40. The highest BCUT2D eigenvalue weighted by Crippen LogP contribution is 2.35. The van der Waals surface area contributed by atoms with Gasteiger partial charge in [-0.25, -0.2) is 0 Å². The van der Waals surface area contributed by atoms with E-state index in [-0.39, 0.29) is 30.6 Å². The molecule has 1 aromatic heterocycles. The Labute approximate surface area is 168 Å². The van der Waals surface area contributed by atoms with Gasteiger partial charge < -0.3 is 19.4 Å². The fourth-order valence-corrected chi connectivity index (χ4v) is 4.55. The van der Waals surface area contributed by atoms with E-state index in [1.54, 1.807) is 6.07 Å². The lowest BCUT2D eigenvalue weighted by Gasteiger charge is -2.37. The van der Waals surface area contributed by atoms with Gasteiger partial charge in [-0.2, -0.15) is 0 Å². The van der Waals surface area contributed by atoms with Crippen LogP contribution in [0.25, 0.3) is 0 Å². The maximum atomic E-state index is 12.4. The Hall–Kier alpha value is -1.82. The Morgan fingerprint density at radius 3 is 2.64 bits per heavy atom. The smallest absolute Gasteiger partial charge is 0.257 e. The van der Waals surface area contributed by atoms with Gasteiger partial charge in [0, 0.05) is 19.1 Å². The third-order valence-corrected chi connectivity index (χ3v) is 6.31. The fraction of sp³-hybridized carbons (Fsp3) is 0.727. The molecule has 2 fully saturated rings. The van der Waals surface area contributed by atoms with Crippen molar-refractivity contribution in [1.82, 2.24) is 10.2 Å². The summed E-state index contributed by atoms with van der Waals surface area (Å²) in [6.07, 6.45) is 8.20. The van der Waals surface area contributed by atoms with Crippen LogP contribution in [-0.4, -0.2) is 48.6 Å². The third-order valence-electron chi connectivity index (χ3n) is 6.31. The molecule has 1 aliphatic carbocycles. The summed E-state index contributed by atoms with van der Waals surface area (Å²) in [5.74, 6) is 1.74. The molecule has 1 saturated carbocycles. The van der Waals surface area contributed by atoms with Crippen molar-refractivity contribution in [3.63, 3.8) is 0 Å². The summed E-state index contributed by atoms with van der Waals surface area (Å²) in [7, 11) is 0. The van der Waals surface area contributed by atoms with Crippen molar-refractivity contribution < 1.29 is 18.7 Å². The first-order chi connectivity index (χ1) is 13.4. The number of hydrogen-bond acceptors (Lipinski definition) is 4. The van der Waals surface area contributed by atoms with Crippen molar-refractivity contribution >= 4 is 11.8 Å². The molecule has 2 amide bonds. The normalized spacial score (nSPS) is 26.4. The zero-order valence-electron chi connectivity index (χ0n) is 17.4. The number of rotatable bonds is 6. The average Bonchev–Trinajstić information content (AvgIpc) is 3.21. The molecular weight excluding hydrogens is 356 g/mol. The predicted octanol–water partition coefficient (Wildman–Crippen LogP) is 3.48. The quantitative estimate of drug-likeness (QED) is 0.807. The van der Waals surface area contributed by atoms with Crippen LogP contribution < -0.4 is 5.32 Å². The van der Waals surface area contributed by atoms with Crippen molar-refractivity contribution in [1.29, 1.82) is 0 Å². The van der Waals surface area contributed by atoms with E-state index in [2.05, 4.69) is 26.1 Å². The van der Waals surface area contributed by atoms with E-state index in [1.165, 1.54) is 25.4 Å². The predicted molar refractivity (Wildman–Crippen MR) is 107 cm³/mol. The molecule has 0 radical (unpaired) electrons. The van der Waals surface area contributed by atoms with Crippen molar-refractivity contribution in [2.45, 2.75) is 65.0 Å². The van der Waals surface area contributed by atoms with Crippen LogP contribution in [0.5, 0.6) is 0 Å². The number of carbonyl (C=O) groups is 2. The van der Waals surface area contributed by atoms with Crippen LogP contribution in [0.2, 0.25) is 0 Å². The second-order valence-corrected chi connectivity index (χ2v) is 8.82. The van der Waals surface area contributed by atoms with Crippen LogP contribution in [0.3, 0.4) is 0 Å². The van der Waals surface area contributed by atoms with E-state index in [0.29, 0.717) is 36.4 Å². The lowest BCUT2D eigenvalue weighted by atomic mass is 9.75. The molecule has 6 nitrogen and oxygen atoms in total. The molecule has 0 bridgehead atoms. The molecule has 6 heteroatoms. The first-order valence-corrected chi connectivity index (χ1v) is 10.7. The molecule has 156 valence electrons. The standard InChI is InChI=1S/C22H34N2O4/c1-15(2)19-5-4-16(3)12-20(19)28-14-21(25)23-18-6-9-24(10-7-18)22(26)17-8-11-27-13-17/h8,11,13,15-16,18-20H,4-7,9-10,12,14H2,1-3H3,(H,23,25)/t16-,19+,20-/m1/s1. The zero-order chi connectivity index (χ0) is 20.1. The number of piperidine rings is 1. The second kappa shape index (κ2) is 9.59. The SMILES string of the molecule is CC(C)[C@@H]1CC[C@@H](C)C[C@H]1OCC(=O)NC1CCN(C(=O)c2ccoc2)CC1. The van der Waals surface area contributed by atoms with Crippen LogP contribution in [-0.2, 0) is 9.53 Å². The third kappa shape index (κ3) is 5.37. The van der Waals surface area contributed by atoms with Gasteiger partial charge in [-0.15, -0.1) is 0 Å². The minimum atomic E-state index is -0.0413. The number of nitrogens with one attached hydrogen (secondary N) is 1. The molecule has 1 aromatic rings. The van der Waals surface area contributed by atoms with E-state index in [4.69, 9.17) is 9.15 Å². The van der Waals surface area contributed by atoms with Crippen molar-refractivity contribution in [3.05, 3.63) is 24.2 Å². The van der Waals surface area contributed by atoms with Gasteiger partial charge in [0.15, 0.2) is 0 Å². The van der Waals surface area contributed by atoms with Crippen LogP contribution in [0.4, 0.5) is 0 Å². The van der Waals surface area contributed by atoms with Crippen LogP contribution >= 0.6 is 0 Å². The monoisotopic (exact) mass is 390 g/mol. The van der Waals surface area contributed by atoms with E-state index < -0.39 is 0 Å². The molecule has 2 heterocycles. The summed E-state index contributed by atoms with van der Waals surface area (Å²) in [5, 5.41) is 3.09. The molecule has 1 aliphatic heterocycles. The number of nitrogens with zero attached hydrogens (tertiary/aromatic N) is 1. The molecule has 1 saturated heterocycles. The first-order valence-electron chi connectivity index (χ1n) is 10.7. The fourth-order valence-electron chi connectivity index (χ4n) is 4.55. The summed E-state index contributed by atoms with van der Waals surface area (Å²) in [4.78, 5) is 26.5. The molecule has 0 spiro atoms. The number of amides is 2. The van der Waals surface area contributed by atoms with Gasteiger partial charge in [-0.3, -0.25) is 9.59 Å². The van der Waals surface area contributed by atoms with Crippen molar-refractivity contribution in [2.75, 3.05) is 19.7 Å². The maximum Gasteiger partial charge on any atom is 0.257 e. The average molecular weight is 391 g/mol. The molecular formula is C22H34N2O4. The minimum absolute atomic E-state index is 0.00648. The Kier molecular flexibility index (Phi) is 7.16. The highest BCUT2D eigenvalue weighted by atomic mass is 16.5. The molecule has 0 aromatic carbocycles. The van der Waals surface area contributed by atoms with Crippen LogP contribution in [0.1, 0.15) is 63.2 Å². The molecule has 2 aliphatic rings. The Morgan fingerprint density at radius 1 is 1.25 bits per heavy atom. The van der Waals surface area contributed by atoms with E-state index in [1.807, 2.05) is 4.90 Å². The second-order valence-electron chi connectivity index (χ2n) is 8.82.